The van der Waals surface area contributed by atoms with Gasteiger partial charge in [-0.3, -0.25) is 9.48 Å². The summed E-state index contributed by atoms with van der Waals surface area (Å²) in [6.07, 6.45) is -3.46. The SMILES string of the molecule is Cc1nn(CC(=O)N2N=CCC2(O)C(F)(F)F)cc1Br. The van der Waals surface area contributed by atoms with Crippen LogP contribution in [0.25, 0.3) is 0 Å². The van der Waals surface area contributed by atoms with Crippen molar-refractivity contribution in [3.8, 4) is 0 Å². The Morgan fingerprint density at radius 3 is 2.75 bits per heavy atom. The van der Waals surface area contributed by atoms with Crippen molar-refractivity contribution in [1.82, 2.24) is 14.8 Å². The predicted molar refractivity (Wildman–Crippen MR) is 65.6 cm³/mol. The molecule has 0 saturated carbocycles. The molecule has 6 nitrogen and oxygen atoms in total. The van der Waals surface area contributed by atoms with Crippen molar-refractivity contribution in [1.29, 1.82) is 0 Å². The average molecular weight is 355 g/mol. The predicted octanol–water partition coefficient (Wildman–Crippen LogP) is 1.42. The molecule has 0 saturated heterocycles. The minimum atomic E-state index is -4.99. The van der Waals surface area contributed by atoms with E-state index in [2.05, 4.69) is 26.1 Å². The van der Waals surface area contributed by atoms with Crippen LogP contribution in [-0.2, 0) is 11.3 Å². The maximum absolute atomic E-state index is 12.8. The van der Waals surface area contributed by atoms with Crippen molar-refractivity contribution >= 4 is 28.1 Å². The Kier molecular flexibility index (Phi) is 3.63. The molecule has 0 aromatic carbocycles. The molecule has 1 amide bonds. The van der Waals surface area contributed by atoms with Gasteiger partial charge in [-0.05, 0) is 22.9 Å². The van der Waals surface area contributed by atoms with Crippen molar-refractivity contribution in [2.75, 3.05) is 0 Å². The highest BCUT2D eigenvalue weighted by Crippen LogP contribution is 2.38. The lowest BCUT2D eigenvalue weighted by Crippen LogP contribution is -2.57. The van der Waals surface area contributed by atoms with Gasteiger partial charge in [0, 0.05) is 18.8 Å². The second kappa shape index (κ2) is 4.85. The summed E-state index contributed by atoms with van der Waals surface area (Å²) >= 11 is 3.18. The Morgan fingerprint density at radius 1 is 1.60 bits per heavy atom. The molecule has 1 aliphatic rings. The molecular formula is C10H10BrF3N4O2. The molecular weight excluding hydrogens is 345 g/mol. The monoisotopic (exact) mass is 354 g/mol. The molecule has 110 valence electrons. The first kappa shape index (κ1) is 15.0. The van der Waals surface area contributed by atoms with Gasteiger partial charge < -0.3 is 5.11 Å². The number of halogens is 4. The lowest BCUT2D eigenvalue weighted by atomic mass is 10.1. The molecule has 10 heteroatoms. The first-order valence-corrected chi connectivity index (χ1v) is 6.28. The number of aryl methyl sites for hydroxylation is 1. The largest absolute Gasteiger partial charge is 0.438 e. The normalized spacial score (nSPS) is 22.6. The Balaban J connectivity index is 2.18. The number of aromatic nitrogens is 2. The molecule has 0 radical (unpaired) electrons. The van der Waals surface area contributed by atoms with E-state index in [-0.39, 0.29) is 5.01 Å². The van der Waals surface area contributed by atoms with Gasteiger partial charge in [-0.1, -0.05) is 0 Å². The van der Waals surface area contributed by atoms with Crippen LogP contribution in [-0.4, -0.2) is 43.9 Å². The van der Waals surface area contributed by atoms with E-state index < -0.39 is 30.8 Å². The molecule has 1 N–H and O–H groups in total. The molecule has 1 aromatic heterocycles. The lowest BCUT2D eigenvalue weighted by molar-refractivity contribution is -0.302. The number of rotatable bonds is 2. The highest BCUT2D eigenvalue weighted by molar-refractivity contribution is 9.10. The summed E-state index contributed by atoms with van der Waals surface area (Å²) in [4.78, 5) is 11.9. The molecule has 2 heterocycles. The molecule has 0 spiro atoms. The summed E-state index contributed by atoms with van der Waals surface area (Å²) in [5.74, 6) is -1.01. The number of aliphatic hydroxyl groups is 1. The zero-order chi connectivity index (χ0) is 15.1. The van der Waals surface area contributed by atoms with E-state index in [9.17, 15) is 23.1 Å². The summed E-state index contributed by atoms with van der Waals surface area (Å²) in [7, 11) is 0. The highest BCUT2D eigenvalue weighted by atomic mass is 79.9. The van der Waals surface area contributed by atoms with Crippen LogP contribution in [0.1, 0.15) is 12.1 Å². The van der Waals surface area contributed by atoms with Crippen LogP contribution in [0.15, 0.2) is 15.8 Å². The number of carbonyl (C=O) groups is 1. The van der Waals surface area contributed by atoms with Gasteiger partial charge in [0.25, 0.3) is 11.6 Å². The van der Waals surface area contributed by atoms with E-state index in [0.29, 0.717) is 10.2 Å². The zero-order valence-corrected chi connectivity index (χ0v) is 11.8. The lowest BCUT2D eigenvalue weighted by Gasteiger charge is -2.32. The van der Waals surface area contributed by atoms with Crippen molar-refractivity contribution in [3.63, 3.8) is 0 Å². The number of carbonyl (C=O) groups excluding carboxylic acids is 1. The highest BCUT2D eigenvalue weighted by Gasteiger charge is 2.61. The van der Waals surface area contributed by atoms with Crippen LogP contribution in [0.5, 0.6) is 0 Å². The Morgan fingerprint density at radius 2 is 2.25 bits per heavy atom. The number of amides is 1. The minimum absolute atomic E-state index is 0.0535. The van der Waals surface area contributed by atoms with Crippen LogP contribution in [0.4, 0.5) is 13.2 Å². The van der Waals surface area contributed by atoms with Crippen LogP contribution < -0.4 is 0 Å². The number of hydrazone groups is 1. The second-order valence-electron chi connectivity index (χ2n) is 4.28. The van der Waals surface area contributed by atoms with E-state index in [1.54, 1.807) is 6.92 Å². The minimum Gasteiger partial charge on any atom is -0.362 e. The average Bonchev–Trinajstić information content (AvgIpc) is 2.83. The third-order valence-electron chi connectivity index (χ3n) is 2.80. The van der Waals surface area contributed by atoms with E-state index in [1.165, 1.54) is 10.9 Å². The van der Waals surface area contributed by atoms with Crippen LogP contribution in [0.3, 0.4) is 0 Å². The van der Waals surface area contributed by atoms with Gasteiger partial charge in [0.1, 0.15) is 6.54 Å². The van der Waals surface area contributed by atoms with Gasteiger partial charge in [0.15, 0.2) is 0 Å². The van der Waals surface area contributed by atoms with Gasteiger partial charge in [0.05, 0.1) is 10.2 Å². The third-order valence-corrected chi connectivity index (χ3v) is 3.58. The summed E-state index contributed by atoms with van der Waals surface area (Å²) in [6, 6.07) is 0. The van der Waals surface area contributed by atoms with Gasteiger partial charge in [-0.15, -0.1) is 0 Å². The molecule has 20 heavy (non-hydrogen) atoms. The van der Waals surface area contributed by atoms with Gasteiger partial charge >= 0.3 is 6.18 Å². The number of hydrogen-bond donors (Lipinski definition) is 1. The van der Waals surface area contributed by atoms with Crippen molar-refractivity contribution in [2.24, 2.45) is 5.10 Å². The van der Waals surface area contributed by atoms with E-state index in [0.717, 1.165) is 6.21 Å². The quantitative estimate of drug-likeness (QED) is 0.873. The van der Waals surface area contributed by atoms with E-state index >= 15 is 0 Å². The zero-order valence-electron chi connectivity index (χ0n) is 10.2. The summed E-state index contributed by atoms with van der Waals surface area (Å²) in [5.41, 5.74) is -2.70. The fraction of sp³-hybridized carbons (Fsp3) is 0.500. The Hall–Kier alpha value is -1.42. The van der Waals surface area contributed by atoms with Crippen molar-refractivity contribution in [2.45, 2.75) is 31.8 Å². The van der Waals surface area contributed by atoms with Gasteiger partial charge in [0.2, 0.25) is 0 Å². The van der Waals surface area contributed by atoms with Crippen LogP contribution >= 0.6 is 15.9 Å². The molecule has 1 aliphatic heterocycles. The molecule has 0 fully saturated rings. The number of nitrogens with zero attached hydrogens (tertiary/aromatic N) is 4. The first-order chi connectivity index (χ1) is 9.15. The molecule has 0 aliphatic carbocycles. The number of hydrogen-bond acceptors (Lipinski definition) is 4. The summed E-state index contributed by atoms with van der Waals surface area (Å²) < 4.78 is 40.2. The second-order valence-corrected chi connectivity index (χ2v) is 5.14. The first-order valence-electron chi connectivity index (χ1n) is 5.49. The van der Waals surface area contributed by atoms with Crippen molar-refractivity contribution < 1.29 is 23.1 Å². The van der Waals surface area contributed by atoms with Gasteiger partial charge in [-0.2, -0.15) is 28.4 Å². The van der Waals surface area contributed by atoms with Crippen LogP contribution in [0.2, 0.25) is 0 Å². The van der Waals surface area contributed by atoms with Crippen LogP contribution in [0, 0.1) is 6.92 Å². The molecule has 2 rings (SSSR count). The number of alkyl halides is 3. The van der Waals surface area contributed by atoms with Gasteiger partial charge in [-0.25, -0.2) is 0 Å². The molecule has 1 aromatic rings. The van der Waals surface area contributed by atoms with Crippen molar-refractivity contribution in [3.05, 3.63) is 16.4 Å². The molecule has 0 bridgehead atoms. The summed E-state index contributed by atoms with van der Waals surface area (Å²) in [5, 5.41) is 16.9. The van der Waals surface area contributed by atoms with E-state index in [1.807, 2.05) is 0 Å². The fourth-order valence-corrected chi connectivity index (χ4v) is 2.03. The molecule has 1 atom stereocenters. The Labute approximate surface area is 120 Å². The van der Waals surface area contributed by atoms with E-state index in [4.69, 9.17) is 0 Å². The maximum Gasteiger partial charge on any atom is 0.438 e. The standard InChI is InChI=1S/C10H10BrF3N4O2/c1-6-7(11)4-17(16-6)5-8(19)18-9(20,2-3-15-18)10(12,13)14/h3-4,20H,2,5H2,1H3. The fourth-order valence-electron chi connectivity index (χ4n) is 1.72. The summed E-state index contributed by atoms with van der Waals surface area (Å²) in [6.45, 7) is 1.22. The Bertz CT molecular complexity index is 552. The smallest absolute Gasteiger partial charge is 0.362 e. The third kappa shape index (κ3) is 2.44. The molecule has 1 unspecified atom stereocenters. The maximum atomic E-state index is 12.8. The topological polar surface area (TPSA) is 70.7 Å².